The molecule has 2 heterocycles. The van der Waals surface area contributed by atoms with Gasteiger partial charge in [-0.05, 0) is 29.8 Å². The summed E-state index contributed by atoms with van der Waals surface area (Å²) in [4.78, 5) is 0. The minimum Gasteiger partial charge on any atom is -0.410 e. The summed E-state index contributed by atoms with van der Waals surface area (Å²) in [5.74, 6) is 0. The maximum Gasteiger partial charge on any atom is 0.192 e. The standard InChI is InChI=1S/C20H30O3Si/c1-19(2,3)24(4,5)23-18-13-17-11-12-20(18,22-17)15-21-14-16-9-7-6-8-10-16/h6-12,17-18H,13-15H2,1-5H3/t17-,18+,20+/m1/s1. The van der Waals surface area contributed by atoms with Gasteiger partial charge in [0.05, 0.1) is 25.4 Å². The SMILES string of the molecule is CC(C)(C)[Si](C)(C)O[C@H]1C[C@H]2C=C[C@@]1(COCc1ccccc1)O2. The van der Waals surface area contributed by atoms with Crippen LogP contribution in [0.15, 0.2) is 42.5 Å². The highest BCUT2D eigenvalue weighted by atomic mass is 28.4. The van der Waals surface area contributed by atoms with Crippen LogP contribution in [0, 0.1) is 0 Å². The van der Waals surface area contributed by atoms with Gasteiger partial charge in [-0.25, -0.2) is 0 Å². The molecule has 0 unspecified atom stereocenters. The minimum atomic E-state index is -1.83. The summed E-state index contributed by atoms with van der Waals surface area (Å²) in [6.07, 6.45) is 5.56. The fourth-order valence-electron chi connectivity index (χ4n) is 3.11. The molecule has 3 atom stereocenters. The van der Waals surface area contributed by atoms with Crippen molar-refractivity contribution < 1.29 is 13.9 Å². The van der Waals surface area contributed by atoms with Gasteiger partial charge < -0.3 is 13.9 Å². The van der Waals surface area contributed by atoms with Crippen molar-refractivity contribution in [1.82, 2.24) is 0 Å². The lowest BCUT2D eigenvalue weighted by molar-refractivity contribution is -0.0775. The molecule has 1 aromatic rings. The second-order valence-corrected chi connectivity index (χ2v) is 13.3. The number of hydrogen-bond donors (Lipinski definition) is 0. The summed E-state index contributed by atoms with van der Waals surface area (Å²) >= 11 is 0. The Bertz CT molecular complexity index is 591. The molecular formula is C20H30O3Si. The van der Waals surface area contributed by atoms with Crippen molar-refractivity contribution in [2.45, 2.75) is 69.7 Å². The molecule has 2 aliphatic rings. The molecule has 2 bridgehead atoms. The Morgan fingerprint density at radius 3 is 2.54 bits per heavy atom. The zero-order valence-electron chi connectivity index (χ0n) is 15.5. The number of rotatable bonds is 6. The normalized spacial score (nSPS) is 29.4. The third kappa shape index (κ3) is 3.52. The maximum atomic E-state index is 6.69. The van der Waals surface area contributed by atoms with Crippen LogP contribution >= 0.6 is 0 Å². The van der Waals surface area contributed by atoms with E-state index in [0.29, 0.717) is 13.2 Å². The zero-order chi connectivity index (χ0) is 17.4. The lowest BCUT2D eigenvalue weighted by Gasteiger charge is -2.42. The van der Waals surface area contributed by atoms with Crippen LogP contribution in [-0.4, -0.2) is 32.7 Å². The Labute approximate surface area is 147 Å². The van der Waals surface area contributed by atoms with Gasteiger partial charge in [-0.2, -0.15) is 0 Å². The van der Waals surface area contributed by atoms with E-state index in [2.05, 4.69) is 58.2 Å². The Kier molecular flexibility index (Phi) is 4.77. The van der Waals surface area contributed by atoms with Crippen LogP contribution in [-0.2, 0) is 20.5 Å². The van der Waals surface area contributed by atoms with Gasteiger partial charge in [0.15, 0.2) is 8.32 Å². The van der Waals surface area contributed by atoms with E-state index >= 15 is 0 Å². The fraction of sp³-hybridized carbons (Fsp3) is 0.600. The topological polar surface area (TPSA) is 27.7 Å². The van der Waals surface area contributed by atoms with Crippen molar-refractivity contribution in [2.24, 2.45) is 0 Å². The van der Waals surface area contributed by atoms with Crippen LogP contribution in [0.2, 0.25) is 18.1 Å². The first-order chi connectivity index (χ1) is 11.2. The molecule has 2 aliphatic heterocycles. The van der Waals surface area contributed by atoms with Crippen LogP contribution in [0.3, 0.4) is 0 Å². The van der Waals surface area contributed by atoms with Gasteiger partial charge in [0.1, 0.15) is 5.60 Å². The summed E-state index contributed by atoms with van der Waals surface area (Å²) in [5, 5.41) is 0.199. The number of hydrogen-bond acceptors (Lipinski definition) is 3. The molecule has 1 fully saturated rings. The Morgan fingerprint density at radius 2 is 1.92 bits per heavy atom. The Morgan fingerprint density at radius 1 is 1.21 bits per heavy atom. The Hall–Kier alpha value is -0.943. The molecule has 0 spiro atoms. The fourth-order valence-corrected chi connectivity index (χ4v) is 4.47. The van der Waals surface area contributed by atoms with Crippen LogP contribution in [0.1, 0.15) is 32.8 Å². The van der Waals surface area contributed by atoms with Gasteiger partial charge in [-0.1, -0.05) is 57.2 Å². The second-order valence-electron chi connectivity index (χ2n) is 8.55. The molecular weight excluding hydrogens is 316 g/mol. The van der Waals surface area contributed by atoms with Crippen molar-refractivity contribution in [3.63, 3.8) is 0 Å². The monoisotopic (exact) mass is 346 g/mol. The van der Waals surface area contributed by atoms with Gasteiger partial charge >= 0.3 is 0 Å². The van der Waals surface area contributed by atoms with Crippen molar-refractivity contribution in [2.75, 3.05) is 6.61 Å². The quantitative estimate of drug-likeness (QED) is 0.552. The van der Waals surface area contributed by atoms with Crippen LogP contribution in [0.5, 0.6) is 0 Å². The summed E-state index contributed by atoms with van der Waals surface area (Å²) in [5.41, 5.74) is 0.780. The van der Waals surface area contributed by atoms with Gasteiger partial charge in [0, 0.05) is 6.42 Å². The average molecular weight is 347 g/mol. The predicted molar refractivity (Wildman–Crippen MR) is 99.5 cm³/mol. The van der Waals surface area contributed by atoms with E-state index in [-0.39, 0.29) is 17.2 Å². The van der Waals surface area contributed by atoms with Crippen LogP contribution in [0.25, 0.3) is 0 Å². The molecule has 0 amide bonds. The van der Waals surface area contributed by atoms with Gasteiger partial charge in [0.2, 0.25) is 0 Å². The van der Waals surface area contributed by atoms with E-state index in [1.54, 1.807) is 0 Å². The summed E-state index contributed by atoms with van der Waals surface area (Å²) in [6.45, 7) is 12.6. The molecule has 0 N–H and O–H groups in total. The molecule has 3 rings (SSSR count). The van der Waals surface area contributed by atoms with Crippen LogP contribution in [0.4, 0.5) is 0 Å². The second kappa shape index (κ2) is 6.41. The number of benzene rings is 1. The van der Waals surface area contributed by atoms with E-state index in [0.717, 1.165) is 6.42 Å². The maximum absolute atomic E-state index is 6.69. The third-order valence-corrected chi connectivity index (χ3v) is 10.1. The molecule has 1 saturated heterocycles. The Balaban J connectivity index is 1.65. The summed E-state index contributed by atoms with van der Waals surface area (Å²) < 4.78 is 18.9. The molecule has 1 aromatic carbocycles. The minimum absolute atomic E-state index is 0.101. The first-order valence-corrected chi connectivity index (χ1v) is 11.8. The third-order valence-electron chi connectivity index (χ3n) is 5.64. The first-order valence-electron chi connectivity index (χ1n) is 8.89. The molecule has 0 saturated carbocycles. The lowest BCUT2D eigenvalue weighted by Crippen LogP contribution is -2.51. The van der Waals surface area contributed by atoms with Crippen LogP contribution < -0.4 is 0 Å². The van der Waals surface area contributed by atoms with E-state index in [1.807, 2.05) is 18.2 Å². The van der Waals surface area contributed by atoms with Crippen molar-refractivity contribution in [3.8, 4) is 0 Å². The highest BCUT2D eigenvalue weighted by Crippen LogP contribution is 2.45. The first kappa shape index (κ1) is 17.9. The van der Waals surface area contributed by atoms with Crippen molar-refractivity contribution >= 4 is 8.32 Å². The predicted octanol–water partition coefficient (Wildman–Crippen LogP) is 4.69. The summed E-state index contributed by atoms with van der Waals surface area (Å²) in [7, 11) is -1.83. The van der Waals surface area contributed by atoms with Gasteiger partial charge in [-0.15, -0.1) is 0 Å². The van der Waals surface area contributed by atoms with E-state index in [9.17, 15) is 0 Å². The molecule has 0 radical (unpaired) electrons. The lowest BCUT2D eigenvalue weighted by atomic mass is 9.92. The van der Waals surface area contributed by atoms with Crippen molar-refractivity contribution in [1.29, 1.82) is 0 Å². The van der Waals surface area contributed by atoms with Gasteiger partial charge in [0.25, 0.3) is 0 Å². The average Bonchev–Trinajstić information content (AvgIpc) is 3.04. The number of ether oxygens (including phenoxy) is 2. The highest BCUT2D eigenvalue weighted by Gasteiger charge is 2.54. The molecule has 0 aromatic heterocycles. The largest absolute Gasteiger partial charge is 0.410 e. The van der Waals surface area contributed by atoms with Crippen molar-refractivity contribution in [3.05, 3.63) is 48.0 Å². The van der Waals surface area contributed by atoms with E-state index in [4.69, 9.17) is 13.9 Å². The smallest absolute Gasteiger partial charge is 0.192 e. The molecule has 0 aliphatic carbocycles. The molecule has 4 heteroatoms. The van der Waals surface area contributed by atoms with Gasteiger partial charge in [-0.3, -0.25) is 0 Å². The highest BCUT2D eigenvalue weighted by molar-refractivity contribution is 6.74. The zero-order valence-corrected chi connectivity index (χ0v) is 16.5. The molecule has 3 nitrogen and oxygen atoms in total. The summed E-state index contributed by atoms with van der Waals surface area (Å²) in [6, 6.07) is 10.3. The molecule has 132 valence electrons. The van der Waals surface area contributed by atoms with E-state index < -0.39 is 13.9 Å². The van der Waals surface area contributed by atoms with E-state index in [1.165, 1.54) is 5.56 Å². The molecule has 24 heavy (non-hydrogen) atoms. The number of fused-ring (bicyclic) bond motifs is 2.